The standard InChI is InChI=1S/C21H31N3O3/c1-7-8-13-23(6)17(25)14-24-18(26)21(5,22-19(24)27)16-11-9-15(10-12-16)20(2,3)4/h9-12H,7-8,13-14H2,1-6H3,(H,22,27). The Bertz CT molecular complexity index is 721. The molecular weight excluding hydrogens is 342 g/mol. The van der Waals surface area contributed by atoms with Crippen molar-refractivity contribution in [3.8, 4) is 0 Å². The van der Waals surface area contributed by atoms with Crippen LogP contribution in [-0.2, 0) is 20.5 Å². The number of carbonyl (C=O) groups is 3. The molecule has 2 rings (SSSR count). The number of carbonyl (C=O) groups excluding carboxylic acids is 3. The van der Waals surface area contributed by atoms with Crippen LogP contribution in [0.4, 0.5) is 4.79 Å². The van der Waals surface area contributed by atoms with Gasteiger partial charge >= 0.3 is 6.03 Å². The van der Waals surface area contributed by atoms with Crippen LogP contribution in [0.3, 0.4) is 0 Å². The molecule has 6 heteroatoms. The molecule has 1 aliphatic heterocycles. The third kappa shape index (κ3) is 4.31. The molecule has 1 N–H and O–H groups in total. The van der Waals surface area contributed by atoms with E-state index < -0.39 is 17.5 Å². The fraction of sp³-hybridized carbons (Fsp3) is 0.571. The lowest BCUT2D eigenvalue weighted by atomic mass is 9.84. The molecule has 148 valence electrons. The van der Waals surface area contributed by atoms with Gasteiger partial charge in [0, 0.05) is 13.6 Å². The number of amides is 4. The van der Waals surface area contributed by atoms with Crippen molar-refractivity contribution in [2.45, 2.75) is 58.4 Å². The highest BCUT2D eigenvalue weighted by molar-refractivity contribution is 6.09. The Balaban J connectivity index is 2.17. The molecule has 0 aliphatic carbocycles. The maximum Gasteiger partial charge on any atom is 0.325 e. The summed E-state index contributed by atoms with van der Waals surface area (Å²) >= 11 is 0. The maximum atomic E-state index is 13.0. The van der Waals surface area contributed by atoms with Crippen LogP contribution < -0.4 is 5.32 Å². The normalized spacial score (nSPS) is 20.0. The van der Waals surface area contributed by atoms with E-state index in [9.17, 15) is 14.4 Å². The topological polar surface area (TPSA) is 69.7 Å². The number of likely N-dealkylation sites (N-methyl/N-ethyl adjacent to an activating group) is 1. The summed E-state index contributed by atoms with van der Waals surface area (Å²) in [7, 11) is 1.70. The average molecular weight is 373 g/mol. The van der Waals surface area contributed by atoms with Crippen LogP contribution in [0.2, 0.25) is 0 Å². The fourth-order valence-electron chi connectivity index (χ4n) is 3.12. The van der Waals surface area contributed by atoms with Crippen LogP contribution in [-0.4, -0.2) is 47.8 Å². The summed E-state index contributed by atoms with van der Waals surface area (Å²) in [6.45, 7) is 10.5. The molecule has 1 aromatic carbocycles. The molecule has 1 atom stereocenters. The Morgan fingerprint density at radius 2 is 1.78 bits per heavy atom. The zero-order chi connectivity index (χ0) is 20.4. The lowest BCUT2D eigenvalue weighted by Gasteiger charge is -2.25. The number of hydrogen-bond acceptors (Lipinski definition) is 3. The van der Waals surface area contributed by atoms with E-state index in [2.05, 4.69) is 26.1 Å². The Morgan fingerprint density at radius 1 is 1.19 bits per heavy atom. The number of rotatable bonds is 6. The van der Waals surface area contributed by atoms with Gasteiger partial charge in [0.05, 0.1) is 0 Å². The predicted molar refractivity (Wildman–Crippen MR) is 105 cm³/mol. The van der Waals surface area contributed by atoms with Crippen LogP contribution in [0.25, 0.3) is 0 Å². The second-order valence-corrected chi connectivity index (χ2v) is 8.44. The van der Waals surface area contributed by atoms with Crippen molar-refractivity contribution < 1.29 is 14.4 Å². The van der Waals surface area contributed by atoms with Crippen LogP contribution in [0, 0.1) is 0 Å². The zero-order valence-electron chi connectivity index (χ0n) is 17.3. The van der Waals surface area contributed by atoms with Gasteiger partial charge < -0.3 is 10.2 Å². The van der Waals surface area contributed by atoms with E-state index >= 15 is 0 Å². The van der Waals surface area contributed by atoms with E-state index in [4.69, 9.17) is 0 Å². The molecule has 0 radical (unpaired) electrons. The number of imide groups is 1. The monoisotopic (exact) mass is 373 g/mol. The quantitative estimate of drug-likeness (QED) is 0.779. The maximum absolute atomic E-state index is 13.0. The number of unbranched alkanes of at least 4 members (excludes halogenated alkanes) is 1. The summed E-state index contributed by atoms with van der Waals surface area (Å²) in [5.74, 6) is -0.632. The van der Waals surface area contributed by atoms with E-state index in [1.807, 2.05) is 31.2 Å². The highest BCUT2D eigenvalue weighted by atomic mass is 16.2. The molecule has 27 heavy (non-hydrogen) atoms. The Morgan fingerprint density at radius 3 is 2.30 bits per heavy atom. The van der Waals surface area contributed by atoms with Crippen LogP contribution in [0.15, 0.2) is 24.3 Å². The lowest BCUT2D eigenvalue weighted by Crippen LogP contribution is -2.43. The average Bonchev–Trinajstić information content (AvgIpc) is 2.83. The van der Waals surface area contributed by atoms with Gasteiger partial charge in [-0.1, -0.05) is 58.4 Å². The zero-order valence-corrected chi connectivity index (χ0v) is 17.3. The van der Waals surface area contributed by atoms with Crippen molar-refractivity contribution in [3.05, 3.63) is 35.4 Å². The first-order valence-electron chi connectivity index (χ1n) is 9.49. The van der Waals surface area contributed by atoms with Gasteiger partial charge in [-0.15, -0.1) is 0 Å². The molecular formula is C21H31N3O3. The third-order valence-corrected chi connectivity index (χ3v) is 5.17. The summed E-state index contributed by atoms with van der Waals surface area (Å²) in [4.78, 5) is 40.3. The van der Waals surface area contributed by atoms with Crippen molar-refractivity contribution in [3.63, 3.8) is 0 Å². The van der Waals surface area contributed by atoms with E-state index in [0.717, 1.165) is 23.3 Å². The van der Waals surface area contributed by atoms with E-state index in [0.29, 0.717) is 12.1 Å². The second kappa shape index (κ2) is 7.71. The van der Waals surface area contributed by atoms with Gasteiger partial charge in [0.1, 0.15) is 12.1 Å². The molecule has 1 unspecified atom stereocenters. The smallest absolute Gasteiger partial charge is 0.325 e. The molecule has 1 aromatic rings. The van der Waals surface area contributed by atoms with Crippen molar-refractivity contribution in [1.82, 2.24) is 15.1 Å². The summed E-state index contributed by atoms with van der Waals surface area (Å²) in [6.07, 6.45) is 1.86. The predicted octanol–water partition coefficient (Wildman–Crippen LogP) is 3.01. The number of nitrogens with one attached hydrogen (secondary N) is 1. The highest BCUT2D eigenvalue weighted by Crippen LogP contribution is 2.31. The van der Waals surface area contributed by atoms with Gasteiger partial charge in [-0.25, -0.2) is 4.79 Å². The first kappa shape index (κ1) is 20.9. The van der Waals surface area contributed by atoms with Crippen molar-refractivity contribution in [2.75, 3.05) is 20.1 Å². The molecule has 1 saturated heterocycles. The molecule has 0 spiro atoms. The van der Waals surface area contributed by atoms with Crippen molar-refractivity contribution >= 4 is 17.8 Å². The van der Waals surface area contributed by atoms with Crippen molar-refractivity contribution in [1.29, 1.82) is 0 Å². The Labute approximate surface area is 161 Å². The van der Waals surface area contributed by atoms with Gasteiger partial charge in [0.2, 0.25) is 5.91 Å². The van der Waals surface area contributed by atoms with E-state index in [1.165, 1.54) is 0 Å². The molecule has 0 aromatic heterocycles. The minimum Gasteiger partial charge on any atom is -0.344 e. The first-order chi connectivity index (χ1) is 12.5. The summed E-state index contributed by atoms with van der Waals surface area (Å²) in [5, 5.41) is 2.76. The largest absolute Gasteiger partial charge is 0.344 e. The number of benzene rings is 1. The summed E-state index contributed by atoms with van der Waals surface area (Å²) in [5.41, 5.74) is 0.707. The van der Waals surface area contributed by atoms with Gasteiger partial charge in [-0.2, -0.15) is 0 Å². The lowest BCUT2D eigenvalue weighted by molar-refractivity contribution is -0.138. The van der Waals surface area contributed by atoms with Crippen LogP contribution in [0.5, 0.6) is 0 Å². The fourth-order valence-corrected chi connectivity index (χ4v) is 3.12. The van der Waals surface area contributed by atoms with Gasteiger partial charge in [0.15, 0.2) is 0 Å². The molecule has 4 amide bonds. The highest BCUT2D eigenvalue weighted by Gasteiger charge is 2.49. The Hall–Kier alpha value is -2.37. The van der Waals surface area contributed by atoms with Crippen LogP contribution >= 0.6 is 0 Å². The van der Waals surface area contributed by atoms with Gasteiger partial charge in [0.25, 0.3) is 5.91 Å². The second-order valence-electron chi connectivity index (χ2n) is 8.44. The molecule has 0 bridgehead atoms. The SMILES string of the molecule is CCCCN(C)C(=O)CN1C(=O)NC(C)(c2ccc(C(C)(C)C)cc2)C1=O. The molecule has 0 saturated carbocycles. The Kier molecular flexibility index (Phi) is 5.97. The third-order valence-electron chi connectivity index (χ3n) is 5.17. The molecule has 1 fully saturated rings. The first-order valence-corrected chi connectivity index (χ1v) is 9.49. The van der Waals surface area contributed by atoms with E-state index in [-0.39, 0.29) is 17.9 Å². The minimum absolute atomic E-state index is 0.00387. The minimum atomic E-state index is -1.16. The van der Waals surface area contributed by atoms with Gasteiger partial charge in [-0.05, 0) is 29.9 Å². The number of nitrogens with zero attached hydrogens (tertiary/aromatic N) is 2. The van der Waals surface area contributed by atoms with Gasteiger partial charge in [-0.3, -0.25) is 14.5 Å². The van der Waals surface area contributed by atoms with E-state index in [1.54, 1.807) is 18.9 Å². The summed E-state index contributed by atoms with van der Waals surface area (Å²) in [6, 6.07) is 7.17. The number of urea groups is 1. The molecule has 1 heterocycles. The van der Waals surface area contributed by atoms with Crippen LogP contribution in [0.1, 0.15) is 58.6 Å². The molecule has 6 nitrogen and oxygen atoms in total. The van der Waals surface area contributed by atoms with Crippen molar-refractivity contribution in [2.24, 2.45) is 0 Å². The molecule has 1 aliphatic rings. The summed E-state index contributed by atoms with van der Waals surface area (Å²) < 4.78 is 0. The number of hydrogen-bond donors (Lipinski definition) is 1.